The van der Waals surface area contributed by atoms with Crippen molar-refractivity contribution < 1.29 is 9.53 Å². The summed E-state index contributed by atoms with van der Waals surface area (Å²) in [6.45, 7) is 0.722. The van der Waals surface area contributed by atoms with Crippen LogP contribution in [0.4, 0.5) is 0 Å². The number of benzene rings is 1. The molecule has 104 valence electrons. The van der Waals surface area contributed by atoms with E-state index in [1.807, 2.05) is 24.3 Å². The molecule has 1 aliphatic rings. The molecule has 0 saturated heterocycles. The lowest BCUT2D eigenvalue weighted by Crippen LogP contribution is -2.41. The highest BCUT2D eigenvalue weighted by Gasteiger charge is 2.39. The van der Waals surface area contributed by atoms with Crippen molar-refractivity contribution in [3.63, 3.8) is 0 Å². The molecule has 0 spiro atoms. The van der Waals surface area contributed by atoms with Crippen LogP contribution in [0.25, 0.3) is 0 Å². The summed E-state index contributed by atoms with van der Waals surface area (Å²) >= 11 is 3.38. The van der Waals surface area contributed by atoms with Crippen molar-refractivity contribution >= 4 is 21.9 Å². The number of ether oxygens (including phenoxy) is 1. The van der Waals surface area contributed by atoms with Crippen LogP contribution in [0.5, 0.6) is 0 Å². The van der Waals surface area contributed by atoms with Crippen molar-refractivity contribution in [3.8, 4) is 0 Å². The quantitative estimate of drug-likeness (QED) is 0.863. The maximum atomic E-state index is 12.3. The van der Waals surface area contributed by atoms with E-state index in [0.717, 1.165) is 35.7 Å². The van der Waals surface area contributed by atoms with Gasteiger partial charge >= 0.3 is 5.97 Å². The lowest BCUT2D eigenvalue weighted by atomic mass is 9.74. The summed E-state index contributed by atoms with van der Waals surface area (Å²) in [5.74, 6) is -0.127. The van der Waals surface area contributed by atoms with Gasteiger partial charge in [0.25, 0.3) is 0 Å². The normalized spacial score (nSPS) is 18.0. The molecule has 0 radical (unpaired) electrons. The molecule has 0 unspecified atom stereocenters. The second-order valence-electron chi connectivity index (χ2n) is 5.25. The van der Waals surface area contributed by atoms with Gasteiger partial charge in [-0.1, -0.05) is 47.3 Å². The van der Waals surface area contributed by atoms with Crippen LogP contribution in [0, 0.1) is 5.41 Å². The van der Waals surface area contributed by atoms with E-state index in [1.54, 1.807) is 0 Å². The number of nitrogens with two attached hydrogens (primary N) is 1. The van der Waals surface area contributed by atoms with Crippen LogP contribution >= 0.6 is 15.9 Å². The van der Waals surface area contributed by atoms with Gasteiger partial charge in [0.05, 0.1) is 5.41 Å². The van der Waals surface area contributed by atoms with Crippen LogP contribution in [0.15, 0.2) is 28.7 Å². The Labute approximate surface area is 122 Å². The first-order valence-corrected chi connectivity index (χ1v) is 7.57. The van der Waals surface area contributed by atoms with E-state index in [-0.39, 0.29) is 5.97 Å². The topological polar surface area (TPSA) is 52.3 Å². The second-order valence-corrected chi connectivity index (χ2v) is 6.16. The Kier molecular flexibility index (Phi) is 4.99. The highest BCUT2D eigenvalue weighted by molar-refractivity contribution is 9.10. The van der Waals surface area contributed by atoms with Crippen LogP contribution in [0.1, 0.15) is 37.7 Å². The van der Waals surface area contributed by atoms with E-state index in [0.29, 0.717) is 13.2 Å². The van der Waals surface area contributed by atoms with Crippen molar-refractivity contribution in [2.24, 2.45) is 11.1 Å². The van der Waals surface area contributed by atoms with Gasteiger partial charge in [0, 0.05) is 11.0 Å². The fourth-order valence-corrected chi connectivity index (χ4v) is 2.87. The standard InChI is InChI=1S/C15H20BrNO2/c16-13-6-4-12(5-7-13)10-19-14(18)15(11-17)8-2-1-3-9-15/h4-7H,1-3,8-11,17H2. The lowest BCUT2D eigenvalue weighted by Gasteiger charge is -2.33. The first-order valence-electron chi connectivity index (χ1n) is 6.78. The monoisotopic (exact) mass is 325 g/mol. The van der Waals surface area contributed by atoms with Crippen LogP contribution in [0.3, 0.4) is 0 Å². The molecular weight excluding hydrogens is 306 g/mol. The molecule has 1 aromatic carbocycles. The molecule has 3 nitrogen and oxygen atoms in total. The van der Waals surface area contributed by atoms with E-state index in [9.17, 15) is 4.79 Å². The number of halogens is 1. The molecule has 19 heavy (non-hydrogen) atoms. The highest BCUT2D eigenvalue weighted by atomic mass is 79.9. The first-order chi connectivity index (χ1) is 9.16. The van der Waals surface area contributed by atoms with E-state index in [1.165, 1.54) is 6.42 Å². The molecule has 1 saturated carbocycles. The molecule has 2 rings (SSSR count). The molecule has 0 bridgehead atoms. The molecule has 0 amide bonds. The van der Waals surface area contributed by atoms with Gasteiger partial charge in [0.2, 0.25) is 0 Å². The Morgan fingerprint density at radius 2 is 1.84 bits per heavy atom. The fraction of sp³-hybridized carbons (Fsp3) is 0.533. The van der Waals surface area contributed by atoms with E-state index in [4.69, 9.17) is 10.5 Å². The smallest absolute Gasteiger partial charge is 0.313 e. The highest BCUT2D eigenvalue weighted by Crippen LogP contribution is 2.36. The Morgan fingerprint density at radius 3 is 2.42 bits per heavy atom. The van der Waals surface area contributed by atoms with Gasteiger partial charge in [0.15, 0.2) is 0 Å². The van der Waals surface area contributed by atoms with E-state index in [2.05, 4.69) is 15.9 Å². The van der Waals surface area contributed by atoms with Gasteiger partial charge in [-0.3, -0.25) is 4.79 Å². The van der Waals surface area contributed by atoms with Gasteiger partial charge in [-0.05, 0) is 30.5 Å². The fourth-order valence-electron chi connectivity index (χ4n) is 2.60. The maximum absolute atomic E-state index is 12.3. The van der Waals surface area contributed by atoms with Gasteiger partial charge in [-0.2, -0.15) is 0 Å². The van der Waals surface area contributed by atoms with Crippen LogP contribution < -0.4 is 5.73 Å². The average Bonchev–Trinajstić information content (AvgIpc) is 2.47. The SMILES string of the molecule is NCC1(C(=O)OCc2ccc(Br)cc2)CCCCC1. The summed E-state index contributed by atoms with van der Waals surface area (Å²) in [6, 6.07) is 7.80. The van der Waals surface area contributed by atoms with Gasteiger partial charge in [-0.25, -0.2) is 0 Å². The minimum atomic E-state index is -0.437. The molecule has 4 heteroatoms. The molecule has 2 N–H and O–H groups in total. The Bertz CT molecular complexity index is 424. The number of hydrogen-bond acceptors (Lipinski definition) is 3. The third-order valence-electron chi connectivity index (χ3n) is 3.92. The molecule has 1 aromatic rings. The van der Waals surface area contributed by atoms with E-state index >= 15 is 0 Å². The van der Waals surface area contributed by atoms with Gasteiger partial charge in [-0.15, -0.1) is 0 Å². The summed E-state index contributed by atoms with van der Waals surface area (Å²) in [4.78, 5) is 12.3. The Morgan fingerprint density at radius 1 is 1.21 bits per heavy atom. The van der Waals surface area contributed by atoms with Gasteiger partial charge in [0.1, 0.15) is 6.61 Å². The minimum absolute atomic E-state index is 0.127. The minimum Gasteiger partial charge on any atom is -0.460 e. The summed E-state index contributed by atoms with van der Waals surface area (Å²) in [7, 11) is 0. The maximum Gasteiger partial charge on any atom is 0.313 e. The first kappa shape index (κ1) is 14.5. The van der Waals surface area contributed by atoms with Crippen molar-refractivity contribution in [1.82, 2.24) is 0 Å². The van der Waals surface area contributed by atoms with Crippen LogP contribution in [-0.2, 0) is 16.1 Å². The molecular formula is C15H20BrNO2. The Balaban J connectivity index is 1.94. The zero-order valence-electron chi connectivity index (χ0n) is 11.0. The predicted molar refractivity (Wildman–Crippen MR) is 78.5 cm³/mol. The molecule has 0 aromatic heterocycles. The number of carbonyl (C=O) groups excluding carboxylic acids is 1. The zero-order valence-corrected chi connectivity index (χ0v) is 12.6. The lowest BCUT2D eigenvalue weighted by molar-refractivity contribution is -0.158. The Hall–Kier alpha value is -0.870. The second kappa shape index (κ2) is 6.53. The van der Waals surface area contributed by atoms with Crippen LogP contribution in [-0.4, -0.2) is 12.5 Å². The molecule has 0 heterocycles. The van der Waals surface area contributed by atoms with E-state index < -0.39 is 5.41 Å². The molecule has 0 aliphatic heterocycles. The number of esters is 1. The van der Waals surface area contributed by atoms with Crippen molar-refractivity contribution in [2.45, 2.75) is 38.7 Å². The number of carbonyl (C=O) groups is 1. The summed E-state index contributed by atoms with van der Waals surface area (Å²) < 4.78 is 6.49. The average molecular weight is 326 g/mol. The third-order valence-corrected chi connectivity index (χ3v) is 4.45. The predicted octanol–water partition coefficient (Wildman–Crippen LogP) is 3.40. The summed E-state index contributed by atoms with van der Waals surface area (Å²) in [6.07, 6.45) is 5.07. The largest absolute Gasteiger partial charge is 0.460 e. The van der Waals surface area contributed by atoms with Crippen molar-refractivity contribution in [2.75, 3.05) is 6.54 Å². The zero-order chi connectivity index (χ0) is 13.7. The van der Waals surface area contributed by atoms with Crippen LogP contribution in [0.2, 0.25) is 0 Å². The molecule has 1 fully saturated rings. The van der Waals surface area contributed by atoms with Gasteiger partial charge < -0.3 is 10.5 Å². The number of hydrogen-bond donors (Lipinski definition) is 1. The van der Waals surface area contributed by atoms with Crippen molar-refractivity contribution in [3.05, 3.63) is 34.3 Å². The summed E-state index contributed by atoms with van der Waals surface area (Å²) in [5.41, 5.74) is 6.38. The third kappa shape index (κ3) is 3.57. The molecule has 0 atom stereocenters. The molecule has 1 aliphatic carbocycles. The number of rotatable bonds is 4. The summed E-state index contributed by atoms with van der Waals surface area (Å²) in [5, 5.41) is 0. The van der Waals surface area contributed by atoms with Crippen molar-refractivity contribution in [1.29, 1.82) is 0 Å².